The van der Waals surface area contributed by atoms with Crippen LogP contribution in [-0.4, -0.2) is 23.5 Å². The predicted molar refractivity (Wildman–Crippen MR) is 111 cm³/mol. The summed E-state index contributed by atoms with van der Waals surface area (Å²) in [5, 5.41) is 16.4. The number of amides is 1. The molecule has 0 aromatic heterocycles. The second-order valence-electron chi connectivity index (χ2n) is 7.27. The summed E-state index contributed by atoms with van der Waals surface area (Å²) in [7, 11) is 0. The highest BCUT2D eigenvalue weighted by molar-refractivity contribution is 6.31. The third kappa shape index (κ3) is 4.49. The topological polar surface area (TPSA) is 78.4 Å². The number of hydrogen-bond donors (Lipinski definition) is 3. The number of anilines is 1. The van der Waals surface area contributed by atoms with Crippen molar-refractivity contribution in [1.29, 1.82) is 0 Å². The van der Waals surface area contributed by atoms with Crippen molar-refractivity contribution in [3.05, 3.63) is 63.6 Å². The molecule has 0 saturated carbocycles. The van der Waals surface area contributed by atoms with Crippen LogP contribution in [0.4, 0.5) is 5.69 Å². The Bertz CT molecular complexity index is 903. The van der Waals surface area contributed by atoms with Crippen LogP contribution in [0.15, 0.2) is 42.5 Å². The third-order valence-electron chi connectivity index (χ3n) is 5.04. The van der Waals surface area contributed by atoms with Crippen LogP contribution in [0.1, 0.15) is 30.9 Å². The first-order chi connectivity index (χ1) is 13.3. The van der Waals surface area contributed by atoms with Crippen molar-refractivity contribution in [2.45, 2.75) is 31.7 Å². The fourth-order valence-corrected chi connectivity index (χ4v) is 3.92. The number of nitrogens with one attached hydrogen (secondary N) is 2. The lowest BCUT2D eigenvalue weighted by Gasteiger charge is -2.31. The van der Waals surface area contributed by atoms with Gasteiger partial charge in [-0.25, -0.2) is 0 Å². The van der Waals surface area contributed by atoms with Crippen molar-refractivity contribution in [3.63, 3.8) is 0 Å². The van der Waals surface area contributed by atoms with E-state index in [1.165, 1.54) is 0 Å². The maximum Gasteiger partial charge on any atom is 0.303 e. The number of carbonyl (C=O) groups excluding carboxylic acids is 1. The zero-order valence-electron chi connectivity index (χ0n) is 15.5. The van der Waals surface area contributed by atoms with Gasteiger partial charge in [0.1, 0.15) is 5.54 Å². The Labute approximate surface area is 174 Å². The first kappa shape index (κ1) is 20.6. The van der Waals surface area contributed by atoms with Gasteiger partial charge in [0.25, 0.3) is 0 Å². The fraction of sp³-hybridized carbons (Fsp3) is 0.333. The van der Waals surface area contributed by atoms with Crippen molar-refractivity contribution in [1.82, 2.24) is 5.32 Å². The highest BCUT2D eigenvalue weighted by Gasteiger charge is 2.46. The molecule has 3 N–H and O–H groups in total. The van der Waals surface area contributed by atoms with E-state index in [0.717, 1.165) is 11.1 Å². The zero-order valence-corrected chi connectivity index (χ0v) is 17.0. The monoisotopic (exact) mass is 420 g/mol. The van der Waals surface area contributed by atoms with Gasteiger partial charge in [-0.2, -0.15) is 0 Å². The Morgan fingerprint density at radius 1 is 1.21 bits per heavy atom. The molecule has 1 aliphatic rings. The summed E-state index contributed by atoms with van der Waals surface area (Å²) >= 11 is 12.2. The first-order valence-electron chi connectivity index (χ1n) is 9.13. The van der Waals surface area contributed by atoms with Crippen LogP contribution in [0.2, 0.25) is 10.0 Å². The maximum atomic E-state index is 13.1. The molecule has 7 heteroatoms. The van der Waals surface area contributed by atoms with Gasteiger partial charge in [0.2, 0.25) is 5.91 Å². The molecule has 28 heavy (non-hydrogen) atoms. The number of benzene rings is 2. The number of fused-ring (bicyclic) bond motifs is 1. The smallest absolute Gasteiger partial charge is 0.303 e. The molecule has 2 aromatic rings. The van der Waals surface area contributed by atoms with E-state index < -0.39 is 11.5 Å². The molecule has 148 valence electrons. The lowest BCUT2D eigenvalue weighted by atomic mass is 9.84. The summed E-state index contributed by atoms with van der Waals surface area (Å²) in [5.74, 6) is -0.884. The summed E-state index contributed by atoms with van der Waals surface area (Å²) < 4.78 is 0. The second-order valence-corrected chi connectivity index (χ2v) is 8.15. The zero-order chi connectivity index (χ0) is 20.3. The SMILES string of the molecule is CC(CCC(=O)O)CNC1(Cc2cccc(Cl)c2)C(=O)Nc2cc(Cl)ccc21. The molecule has 1 aliphatic heterocycles. The summed E-state index contributed by atoms with van der Waals surface area (Å²) in [4.78, 5) is 23.9. The quantitative estimate of drug-likeness (QED) is 0.588. The molecule has 0 saturated heterocycles. The molecular formula is C21H22Cl2N2O3. The average Bonchev–Trinajstić information content (AvgIpc) is 2.89. The molecule has 0 bridgehead atoms. The van der Waals surface area contributed by atoms with Crippen LogP contribution in [0.25, 0.3) is 0 Å². The van der Waals surface area contributed by atoms with Gasteiger partial charge >= 0.3 is 5.97 Å². The molecule has 1 amide bonds. The van der Waals surface area contributed by atoms with E-state index in [4.69, 9.17) is 28.3 Å². The number of carboxylic acids is 1. The van der Waals surface area contributed by atoms with Crippen LogP contribution in [0, 0.1) is 5.92 Å². The van der Waals surface area contributed by atoms with Crippen molar-refractivity contribution in [2.75, 3.05) is 11.9 Å². The normalized spacial score (nSPS) is 19.2. The summed E-state index contributed by atoms with van der Waals surface area (Å²) in [6.45, 7) is 2.47. The number of halogens is 2. The molecule has 2 unspecified atom stereocenters. The van der Waals surface area contributed by atoms with E-state index in [0.29, 0.717) is 35.1 Å². The standard InChI is InChI=1S/C21H22Cl2N2O3/c1-13(5-8-19(26)27)12-24-21(11-14-3-2-4-15(22)9-14)17-7-6-16(23)10-18(17)25-20(21)28/h2-4,6-7,9-10,13,24H,5,8,11-12H2,1H3,(H,25,28)(H,26,27). The molecule has 2 atom stereocenters. The Balaban J connectivity index is 1.91. The van der Waals surface area contributed by atoms with Gasteiger partial charge in [0, 0.05) is 34.1 Å². The molecule has 2 aromatic carbocycles. The average molecular weight is 421 g/mol. The van der Waals surface area contributed by atoms with E-state index in [2.05, 4.69) is 10.6 Å². The van der Waals surface area contributed by atoms with Gasteiger partial charge in [0.05, 0.1) is 0 Å². The molecule has 0 aliphatic carbocycles. The van der Waals surface area contributed by atoms with Gasteiger partial charge in [0.15, 0.2) is 0 Å². The Hall–Kier alpha value is -2.08. The van der Waals surface area contributed by atoms with Gasteiger partial charge in [-0.15, -0.1) is 0 Å². The van der Waals surface area contributed by atoms with E-state index in [1.807, 2.05) is 31.2 Å². The van der Waals surface area contributed by atoms with Gasteiger partial charge in [-0.1, -0.05) is 48.3 Å². The Kier molecular flexibility index (Phi) is 6.28. The van der Waals surface area contributed by atoms with Crippen molar-refractivity contribution < 1.29 is 14.7 Å². The first-order valence-corrected chi connectivity index (χ1v) is 9.88. The number of aliphatic carboxylic acids is 1. The van der Waals surface area contributed by atoms with Crippen LogP contribution < -0.4 is 10.6 Å². The molecule has 3 rings (SSSR count). The predicted octanol–water partition coefficient (Wildman–Crippen LogP) is 4.47. The van der Waals surface area contributed by atoms with E-state index >= 15 is 0 Å². The molecule has 5 nitrogen and oxygen atoms in total. The van der Waals surface area contributed by atoms with E-state index in [1.54, 1.807) is 18.2 Å². The highest BCUT2D eigenvalue weighted by Crippen LogP contribution is 2.40. The number of hydrogen-bond acceptors (Lipinski definition) is 3. The van der Waals surface area contributed by atoms with Crippen LogP contribution in [-0.2, 0) is 21.5 Å². The minimum absolute atomic E-state index is 0.0940. The van der Waals surface area contributed by atoms with Crippen LogP contribution >= 0.6 is 23.2 Å². The Morgan fingerprint density at radius 3 is 2.68 bits per heavy atom. The lowest BCUT2D eigenvalue weighted by Crippen LogP contribution is -2.51. The second kappa shape index (κ2) is 8.52. The summed E-state index contributed by atoms with van der Waals surface area (Å²) in [6, 6.07) is 12.8. The van der Waals surface area contributed by atoms with Crippen LogP contribution in [0.3, 0.4) is 0 Å². The maximum absolute atomic E-state index is 13.1. The van der Waals surface area contributed by atoms with E-state index in [9.17, 15) is 9.59 Å². The van der Waals surface area contributed by atoms with Crippen molar-refractivity contribution >= 4 is 40.8 Å². The molecule has 1 heterocycles. The minimum atomic E-state index is -0.970. The third-order valence-corrected chi connectivity index (χ3v) is 5.51. The number of carboxylic acid groups (broad SMARTS) is 1. The lowest BCUT2D eigenvalue weighted by molar-refractivity contribution is -0.137. The molecule has 0 radical (unpaired) electrons. The Morgan fingerprint density at radius 2 is 1.96 bits per heavy atom. The van der Waals surface area contributed by atoms with Crippen molar-refractivity contribution in [3.8, 4) is 0 Å². The largest absolute Gasteiger partial charge is 0.481 e. The van der Waals surface area contributed by atoms with Gasteiger partial charge in [-0.05, 0) is 48.7 Å². The molecular weight excluding hydrogens is 399 g/mol. The number of carbonyl (C=O) groups is 2. The van der Waals surface area contributed by atoms with E-state index in [-0.39, 0.29) is 18.2 Å². The minimum Gasteiger partial charge on any atom is -0.481 e. The summed E-state index contributed by atoms with van der Waals surface area (Å²) in [5.41, 5.74) is 1.47. The van der Waals surface area contributed by atoms with Gasteiger partial charge in [-0.3, -0.25) is 14.9 Å². The number of rotatable bonds is 8. The molecule has 0 fully saturated rings. The molecule has 0 spiro atoms. The van der Waals surface area contributed by atoms with Crippen LogP contribution in [0.5, 0.6) is 0 Å². The summed E-state index contributed by atoms with van der Waals surface area (Å²) in [6.07, 6.45) is 1.05. The fourth-order valence-electron chi connectivity index (χ4n) is 3.53. The van der Waals surface area contributed by atoms with Gasteiger partial charge < -0.3 is 10.4 Å². The van der Waals surface area contributed by atoms with Crippen molar-refractivity contribution in [2.24, 2.45) is 5.92 Å². The highest BCUT2D eigenvalue weighted by atomic mass is 35.5.